The fourth-order valence-electron chi connectivity index (χ4n) is 4.47. The number of aliphatic hydroxyl groups excluding tert-OH is 1. The van der Waals surface area contributed by atoms with Crippen molar-refractivity contribution < 1.29 is 19.4 Å². The molecule has 1 fully saturated rings. The molecule has 2 unspecified atom stereocenters. The molecule has 36 heavy (non-hydrogen) atoms. The summed E-state index contributed by atoms with van der Waals surface area (Å²) in [6.07, 6.45) is 0.237. The van der Waals surface area contributed by atoms with Crippen molar-refractivity contribution >= 4 is 58.0 Å². The normalized spacial score (nSPS) is 19.2. The molecule has 0 radical (unpaired) electrons. The third-order valence-electron chi connectivity index (χ3n) is 6.59. The summed E-state index contributed by atoms with van der Waals surface area (Å²) < 4.78 is 11.6. The SMILES string of the molecule is Cc1cccc(C)c1NC(=O)CN1CCC(NCC(O)C2COc3c(Cl)c(Cl)c(Cl)c(Cl)c3O2)CC1. The van der Waals surface area contributed by atoms with Gasteiger partial charge in [0.25, 0.3) is 0 Å². The Bertz CT molecular complexity index is 1100. The zero-order valence-corrected chi connectivity index (χ0v) is 23.1. The second kappa shape index (κ2) is 11.9. The van der Waals surface area contributed by atoms with Crippen LogP contribution in [0.3, 0.4) is 0 Å². The van der Waals surface area contributed by atoms with Crippen LogP contribution in [0.2, 0.25) is 20.1 Å². The van der Waals surface area contributed by atoms with Crippen LogP contribution in [0.1, 0.15) is 24.0 Å². The quantitative estimate of drug-likeness (QED) is 0.314. The van der Waals surface area contributed by atoms with Gasteiger partial charge in [-0.3, -0.25) is 9.69 Å². The van der Waals surface area contributed by atoms with Gasteiger partial charge in [0, 0.05) is 31.4 Å². The Morgan fingerprint density at radius 1 is 1.06 bits per heavy atom. The Labute approximate surface area is 230 Å². The van der Waals surface area contributed by atoms with Crippen molar-refractivity contribution in [2.75, 3.05) is 38.1 Å². The van der Waals surface area contributed by atoms with Crippen LogP contribution in [0.4, 0.5) is 5.69 Å². The number of aryl methyl sites for hydroxylation is 2. The van der Waals surface area contributed by atoms with Gasteiger partial charge in [0.1, 0.15) is 22.8 Å². The highest BCUT2D eigenvalue weighted by Gasteiger charge is 2.33. The second-order valence-electron chi connectivity index (χ2n) is 9.22. The van der Waals surface area contributed by atoms with Crippen molar-refractivity contribution in [3.05, 3.63) is 49.4 Å². The summed E-state index contributed by atoms with van der Waals surface area (Å²) in [5.74, 6) is 0.393. The number of nitrogens with zero attached hydrogens (tertiary/aromatic N) is 1. The van der Waals surface area contributed by atoms with Crippen LogP contribution < -0.4 is 20.1 Å². The van der Waals surface area contributed by atoms with Crippen LogP contribution in [-0.2, 0) is 4.79 Å². The van der Waals surface area contributed by atoms with E-state index in [0.717, 1.165) is 42.7 Å². The maximum atomic E-state index is 12.6. The minimum atomic E-state index is -0.844. The molecule has 1 saturated heterocycles. The summed E-state index contributed by atoms with van der Waals surface area (Å²) in [6.45, 7) is 6.32. The first-order valence-corrected chi connectivity index (χ1v) is 13.3. The molecule has 196 valence electrons. The van der Waals surface area contributed by atoms with Gasteiger partial charge in [-0.05, 0) is 37.8 Å². The number of aliphatic hydroxyl groups is 1. The molecule has 1 amide bonds. The van der Waals surface area contributed by atoms with E-state index in [2.05, 4.69) is 15.5 Å². The average molecular weight is 577 g/mol. The first-order chi connectivity index (χ1) is 17.2. The summed E-state index contributed by atoms with van der Waals surface area (Å²) in [5, 5.41) is 17.5. The van der Waals surface area contributed by atoms with E-state index in [1.165, 1.54) is 0 Å². The lowest BCUT2D eigenvalue weighted by molar-refractivity contribution is -0.117. The Kier molecular flexibility index (Phi) is 9.15. The van der Waals surface area contributed by atoms with Crippen molar-refractivity contribution in [3.63, 3.8) is 0 Å². The maximum Gasteiger partial charge on any atom is 0.238 e. The number of hydrogen-bond donors (Lipinski definition) is 3. The lowest BCUT2D eigenvalue weighted by atomic mass is 10.0. The zero-order valence-electron chi connectivity index (χ0n) is 20.0. The predicted molar refractivity (Wildman–Crippen MR) is 144 cm³/mol. The predicted octanol–water partition coefficient (Wildman–Crippen LogP) is 5.11. The standard InChI is InChI=1S/C25H29Cl4N3O4/c1-13-4-3-5-14(2)23(13)31-18(34)11-32-8-6-15(7-9-32)30-10-16(33)17-12-35-24-21(28)19(26)20(27)22(29)25(24)36-17/h3-5,15-17,30,33H,6-12H2,1-2H3,(H,31,34). The molecule has 0 aliphatic carbocycles. The van der Waals surface area contributed by atoms with Crippen LogP contribution in [0, 0.1) is 13.8 Å². The first kappa shape index (κ1) is 27.6. The molecule has 0 saturated carbocycles. The summed E-state index contributed by atoms with van der Waals surface area (Å²) in [5.41, 5.74) is 2.99. The highest BCUT2D eigenvalue weighted by molar-refractivity contribution is 6.53. The van der Waals surface area contributed by atoms with E-state index in [9.17, 15) is 9.90 Å². The zero-order chi connectivity index (χ0) is 26.0. The Morgan fingerprint density at radius 3 is 2.31 bits per heavy atom. The van der Waals surface area contributed by atoms with Crippen LogP contribution in [0.25, 0.3) is 0 Å². The van der Waals surface area contributed by atoms with Gasteiger partial charge in [-0.15, -0.1) is 0 Å². The second-order valence-corrected chi connectivity index (χ2v) is 10.7. The minimum absolute atomic E-state index is 0.0101. The number of likely N-dealkylation sites (tertiary alicyclic amines) is 1. The molecule has 2 aromatic rings. The molecule has 2 aromatic carbocycles. The van der Waals surface area contributed by atoms with Gasteiger partial charge in [-0.2, -0.15) is 0 Å². The molecular weight excluding hydrogens is 548 g/mol. The highest BCUT2D eigenvalue weighted by Crippen LogP contribution is 2.51. The molecule has 0 bridgehead atoms. The van der Waals surface area contributed by atoms with E-state index < -0.39 is 12.2 Å². The van der Waals surface area contributed by atoms with Crippen LogP contribution >= 0.6 is 46.4 Å². The third-order valence-corrected chi connectivity index (χ3v) is 8.36. The molecule has 2 atom stereocenters. The molecule has 2 aliphatic heterocycles. The fourth-order valence-corrected chi connectivity index (χ4v) is 5.39. The molecule has 2 heterocycles. The van der Waals surface area contributed by atoms with Crippen molar-refractivity contribution in [2.24, 2.45) is 0 Å². The minimum Gasteiger partial charge on any atom is -0.484 e. The van der Waals surface area contributed by atoms with Gasteiger partial charge in [-0.1, -0.05) is 64.6 Å². The molecule has 0 aromatic heterocycles. The number of rotatable bonds is 7. The summed E-state index contributed by atoms with van der Waals surface area (Å²) in [7, 11) is 0. The number of carbonyl (C=O) groups is 1. The van der Waals surface area contributed by atoms with Crippen molar-refractivity contribution in [3.8, 4) is 11.5 Å². The monoisotopic (exact) mass is 575 g/mol. The number of fused-ring (bicyclic) bond motifs is 1. The van der Waals surface area contributed by atoms with E-state index in [4.69, 9.17) is 55.9 Å². The fraction of sp³-hybridized carbons (Fsp3) is 0.480. The number of nitrogens with one attached hydrogen (secondary N) is 2. The van der Waals surface area contributed by atoms with Crippen molar-refractivity contribution in [1.29, 1.82) is 0 Å². The molecule has 3 N–H and O–H groups in total. The van der Waals surface area contributed by atoms with E-state index in [0.29, 0.717) is 13.1 Å². The third kappa shape index (κ3) is 6.16. The van der Waals surface area contributed by atoms with Crippen LogP contribution in [0.15, 0.2) is 18.2 Å². The van der Waals surface area contributed by atoms with Gasteiger partial charge in [0.05, 0.1) is 16.6 Å². The number of anilines is 1. The van der Waals surface area contributed by atoms with Crippen molar-refractivity contribution in [2.45, 2.75) is 44.9 Å². The lowest BCUT2D eigenvalue weighted by Crippen LogP contribution is -2.50. The van der Waals surface area contributed by atoms with Gasteiger partial charge >= 0.3 is 0 Å². The number of ether oxygens (including phenoxy) is 2. The molecule has 7 nitrogen and oxygen atoms in total. The van der Waals surface area contributed by atoms with Crippen LogP contribution in [0.5, 0.6) is 11.5 Å². The summed E-state index contributed by atoms with van der Waals surface area (Å²) >= 11 is 24.6. The number of piperidine rings is 1. The highest BCUT2D eigenvalue weighted by atomic mass is 35.5. The largest absolute Gasteiger partial charge is 0.484 e. The number of carbonyl (C=O) groups excluding carboxylic acids is 1. The number of amides is 1. The summed E-state index contributed by atoms with van der Waals surface area (Å²) in [6, 6.07) is 6.19. The van der Waals surface area contributed by atoms with E-state index >= 15 is 0 Å². The van der Waals surface area contributed by atoms with E-state index in [1.54, 1.807) is 0 Å². The first-order valence-electron chi connectivity index (χ1n) is 11.8. The Balaban J connectivity index is 1.22. The van der Waals surface area contributed by atoms with Gasteiger partial charge < -0.3 is 25.2 Å². The van der Waals surface area contributed by atoms with Gasteiger partial charge in [0.2, 0.25) is 5.91 Å². The molecule has 0 spiro atoms. The number of halogens is 4. The number of para-hydroxylation sites is 1. The Morgan fingerprint density at radius 2 is 1.67 bits per heavy atom. The molecule has 11 heteroatoms. The number of benzene rings is 2. The smallest absolute Gasteiger partial charge is 0.238 e. The van der Waals surface area contributed by atoms with Gasteiger partial charge in [0.15, 0.2) is 17.6 Å². The molecule has 2 aliphatic rings. The maximum absolute atomic E-state index is 12.6. The lowest BCUT2D eigenvalue weighted by Gasteiger charge is -2.34. The van der Waals surface area contributed by atoms with Crippen LogP contribution in [-0.4, -0.2) is 66.9 Å². The van der Waals surface area contributed by atoms with E-state index in [1.807, 2.05) is 32.0 Å². The van der Waals surface area contributed by atoms with E-state index in [-0.39, 0.29) is 50.1 Å². The number of hydrogen-bond acceptors (Lipinski definition) is 6. The summed E-state index contributed by atoms with van der Waals surface area (Å²) in [4.78, 5) is 14.7. The topological polar surface area (TPSA) is 83.1 Å². The molecule has 4 rings (SSSR count). The average Bonchev–Trinajstić information content (AvgIpc) is 2.87. The van der Waals surface area contributed by atoms with Crippen molar-refractivity contribution in [1.82, 2.24) is 10.2 Å². The molecular formula is C25H29Cl4N3O4. The van der Waals surface area contributed by atoms with Gasteiger partial charge in [-0.25, -0.2) is 0 Å². The Hall–Kier alpha value is -1.45.